The third-order valence-electron chi connectivity index (χ3n) is 5.81. The van der Waals surface area contributed by atoms with Crippen LogP contribution in [0.3, 0.4) is 0 Å². The van der Waals surface area contributed by atoms with Crippen LogP contribution in [0.1, 0.15) is 24.0 Å². The maximum Gasteiger partial charge on any atom is 0.187 e. The Balaban J connectivity index is 1.72. The van der Waals surface area contributed by atoms with Gasteiger partial charge in [-0.2, -0.15) is 0 Å². The van der Waals surface area contributed by atoms with Gasteiger partial charge in [-0.25, -0.2) is 0 Å². The van der Waals surface area contributed by atoms with Crippen LogP contribution < -0.4 is 9.47 Å². The summed E-state index contributed by atoms with van der Waals surface area (Å²) in [5.74, 6) is 0.805. The predicted molar refractivity (Wildman–Crippen MR) is 129 cm³/mol. The molecule has 0 radical (unpaired) electrons. The molecule has 0 amide bonds. The van der Waals surface area contributed by atoms with Gasteiger partial charge in [0, 0.05) is 30.8 Å². The molecular formula is C25H25Cl2NO5. The molecular weight excluding hydrogens is 465 g/mol. The molecule has 6 nitrogen and oxygen atoms in total. The summed E-state index contributed by atoms with van der Waals surface area (Å²) in [7, 11) is 2.90. The summed E-state index contributed by atoms with van der Waals surface area (Å²) in [6.07, 6.45) is 5.98. The molecule has 2 aliphatic rings. The van der Waals surface area contributed by atoms with Crippen molar-refractivity contribution in [2.24, 2.45) is 5.92 Å². The number of phenols is 2. The molecule has 1 aliphatic carbocycles. The van der Waals surface area contributed by atoms with E-state index in [1.165, 1.54) is 27.1 Å². The number of likely N-dealkylation sites (tertiary alicyclic amines) is 1. The van der Waals surface area contributed by atoms with E-state index in [9.17, 15) is 15.0 Å². The monoisotopic (exact) mass is 489 g/mol. The number of aromatic hydroxyl groups is 2. The predicted octanol–water partition coefficient (Wildman–Crippen LogP) is 5.18. The molecule has 0 spiro atoms. The molecule has 1 saturated carbocycles. The third-order valence-corrected chi connectivity index (χ3v) is 6.38. The average Bonchev–Trinajstić information content (AvgIpc) is 3.60. The van der Waals surface area contributed by atoms with E-state index in [1.807, 2.05) is 0 Å². The summed E-state index contributed by atoms with van der Waals surface area (Å²) in [5.41, 5.74) is 2.57. The van der Waals surface area contributed by atoms with Crippen molar-refractivity contribution in [1.82, 2.24) is 4.90 Å². The van der Waals surface area contributed by atoms with Gasteiger partial charge in [0.2, 0.25) is 0 Å². The van der Waals surface area contributed by atoms with Gasteiger partial charge in [-0.15, -0.1) is 0 Å². The molecule has 174 valence electrons. The van der Waals surface area contributed by atoms with Crippen molar-refractivity contribution in [1.29, 1.82) is 0 Å². The molecule has 1 saturated heterocycles. The summed E-state index contributed by atoms with van der Waals surface area (Å²) in [4.78, 5) is 15.7. The smallest absolute Gasteiger partial charge is 0.187 e. The maximum atomic E-state index is 13.4. The maximum absolute atomic E-state index is 13.4. The van der Waals surface area contributed by atoms with Gasteiger partial charge in [0.05, 0.1) is 24.3 Å². The highest BCUT2D eigenvalue weighted by atomic mass is 35.5. The van der Waals surface area contributed by atoms with Gasteiger partial charge in [0.1, 0.15) is 0 Å². The number of ether oxygens (including phenoxy) is 2. The summed E-state index contributed by atoms with van der Waals surface area (Å²) in [6, 6.07) is 6.51. The first-order valence-electron chi connectivity index (χ1n) is 10.6. The highest BCUT2D eigenvalue weighted by molar-refractivity contribution is 6.32. The largest absolute Gasteiger partial charge is 0.503 e. The first-order valence-corrected chi connectivity index (χ1v) is 11.4. The molecule has 1 aliphatic heterocycles. The van der Waals surface area contributed by atoms with Gasteiger partial charge in [-0.05, 0) is 66.3 Å². The number of methoxy groups -OCH3 is 2. The normalized spacial score (nSPS) is 19.3. The van der Waals surface area contributed by atoms with E-state index < -0.39 is 0 Å². The zero-order valence-electron chi connectivity index (χ0n) is 18.4. The van der Waals surface area contributed by atoms with Crippen LogP contribution in [-0.4, -0.2) is 54.8 Å². The van der Waals surface area contributed by atoms with E-state index >= 15 is 0 Å². The highest BCUT2D eigenvalue weighted by Crippen LogP contribution is 2.38. The minimum absolute atomic E-state index is 0.0756. The lowest BCUT2D eigenvalue weighted by atomic mass is 9.94. The van der Waals surface area contributed by atoms with E-state index in [-0.39, 0.29) is 38.8 Å². The van der Waals surface area contributed by atoms with Crippen LogP contribution in [-0.2, 0) is 4.79 Å². The second-order valence-corrected chi connectivity index (χ2v) is 9.20. The Labute approximate surface area is 202 Å². The molecule has 8 heteroatoms. The van der Waals surface area contributed by atoms with Gasteiger partial charge < -0.3 is 19.7 Å². The zero-order chi connectivity index (χ0) is 23.7. The van der Waals surface area contributed by atoms with Crippen LogP contribution in [0.5, 0.6) is 23.0 Å². The van der Waals surface area contributed by atoms with Gasteiger partial charge in [0.25, 0.3) is 0 Å². The number of benzene rings is 2. The van der Waals surface area contributed by atoms with Crippen molar-refractivity contribution in [3.8, 4) is 23.0 Å². The Bertz CT molecular complexity index is 1070. The molecule has 2 fully saturated rings. The number of phenolic OH excluding ortho intramolecular Hbond substituents is 2. The van der Waals surface area contributed by atoms with E-state index in [1.54, 1.807) is 36.4 Å². The molecule has 0 unspecified atom stereocenters. The number of nitrogens with zero attached hydrogens (tertiary/aromatic N) is 1. The number of hydrogen-bond acceptors (Lipinski definition) is 6. The Morgan fingerprint density at radius 2 is 1.36 bits per heavy atom. The molecule has 33 heavy (non-hydrogen) atoms. The topological polar surface area (TPSA) is 79.2 Å². The average molecular weight is 490 g/mol. The van der Waals surface area contributed by atoms with Gasteiger partial charge in [0.15, 0.2) is 28.8 Å². The zero-order valence-corrected chi connectivity index (χ0v) is 19.9. The van der Waals surface area contributed by atoms with Crippen LogP contribution >= 0.6 is 23.2 Å². The lowest BCUT2D eigenvalue weighted by Gasteiger charge is -2.30. The summed E-state index contributed by atoms with van der Waals surface area (Å²) < 4.78 is 10.4. The quantitative estimate of drug-likeness (QED) is 0.544. The number of hydrogen-bond donors (Lipinski definition) is 2. The van der Waals surface area contributed by atoms with E-state index in [2.05, 4.69) is 4.90 Å². The van der Waals surface area contributed by atoms with Crippen molar-refractivity contribution in [3.63, 3.8) is 0 Å². The third kappa shape index (κ3) is 5.29. The molecule has 2 aromatic carbocycles. The lowest BCUT2D eigenvalue weighted by molar-refractivity contribution is -0.113. The van der Waals surface area contributed by atoms with Crippen LogP contribution in [0.25, 0.3) is 12.2 Å². The van der Waals surface area contributed by atoms with Crippen molar-refractivity contribution >= 4 is 41.1 Å². The minimum atomic E-state index is -0.134. The SMILES string of the molecule is COc1cc(/C=C2\CN(CC3CC3)C/C(=C\c3cc(Cl)c(O)c(OC)c3)C2=O)cc(Cl)c1O. The van der Waals surface area contributed by atoms with E-state index in [0.717, 1.165) is 6.54 Å². The Hall–Kier alpha value is -2.67. The highest BCUT2D eigenvalue weighted by Gasteiger charge is 2.31. The standard InChI is InChI=1S/C25H25Cl2NO5/c1-32-21-9-15(7-19(26)24(21)30)5-17-12-28(11-14-3-4-14)13-18(23(17)29)6-16-8-20(27)25(31)22(10-16)33-2/h5-10,14,30-31H,3-4,11-13H2,1-2H3/b17-5+,18-6+. The molecule has 4 rings (SSSR count). The van der Waals surface area contributed by atoms with Crippen LogP contribution in [0.4, 0.5) is 0 Å². The van der Waals surface area contributed by atoms with Gasteiger partial charge in [-0.3, -0.25) is 9.69 Å². The van der Waals surface area contributed by atoms with Gasteiger partial charge >= 0.3 is 0 Å². The van der Waals surface area contributed by atoms with Crippen molar-refractivity contribution in [2.45, 2.75) is 12.8 Å². The number of carbonyl (C=O) groups is 1. The van der Waals surface area contributed by atoms with Gasteiger partial charge in [-0.1, -0.05) is 23.2 Å². The Kier molecular flexibility index (Phi) is 6.88. The first kappa shape index (κ1) is 23.5. The second kappa shape index (κ2) is 9.67. The fourth-order valence-electron chi connectivity index (χ4n) is 3.97. The van der Waals surface area contributed by atoms with Crippen molar-refractivity contribution in [2.75, 3.05) is 33.9 Å². The molecule has 0 aromatic heterocycles. The summed E-state index contributed by atoms with van der Waals surface area (Å²) in [6.45, 7) is 1.96. The van der Waals surface area contributed by atoms with E-state index in [4.69, 9.17) is 32.7 Å². The number of carbonyl (C=O) groups excluding carboxylic acids is 1. The number of rotatable bonds is 6. The minimum Gasteiger partial charge on any atom is -0.503 e. The Morgan fingerprint density at radius 1 is 0.909 bits per heavy atom. The molecule has 2 aromatic rings. The number of halogens is 2. The van der Waals surface area contributed by atoms with E-state index in [0.29, 0.717) is 41.3 Å². The number of piperidine rings is 1. The van der Waals surface area contributed by atoms with Crippen molar-refractivity contribution < 1.29 is 24.5 Å². The fourth-order valence-corrected chi connectivity index (χ4v) is 4.41. The van der Waals surface area contributed by atoms with Crippen LogP contribution in [0.2, 0.25) is 10.0 Å². The summed E-state index contributed by atoms with van der Waals surface area (Å²) >= 11 is 12.3. The molecule has 2 N–H and O–H groups in total. The number of ketones is 1. The lowest BCUT2D eigenvalue weighted by Crippen LogP contribution is -2.38. The molecule has 0 atom stereocenters. The molecule has 1 heterocycles. The van der Waals surface area contributed by atoms with Crippen LogP contribution in [0.15, 0.2) is 35.4 Å². The Morgan fingerprint density at radius 3 is 1.76 bits per heavy atom. The first-order chi connectivity index (χ1) is 15.8. The second-order valence-electron chi connectivity index (χ2n) is 8.39. The summed E-state index contributed by atoms with van der Waals surface area (Å²) in [5, 5.41) is 20.3. The van der Waals surface area contributed by atoms with Crippen LogP contribution in [0, 0.1) is 5.92 Å². The fraction of sp³-hybridized carbons (Fsp3) is 0.320. The molecule has 0 bridgehead atoms. The van der Waals surface area contributed by atoms with Crippen molar-refractivity contribution in [3.05, 3.63) is 56.6 Å². The number of Topliss-reactive ketones (excluding diaryl/α,β-unsaturated/α-hetero) is 1.